The summed E-state index contributed by atoms with van der Waals surface area (Å²) in [7, 11) is 0. The Morgan fingerprint density at radius 1 is 2.00 bits per heavy atom. The maximum absolute atomic E-state index is 4.88. The minimum atomic E-state index is 0.333. The quantitative estimate of drug-likeness (QED) is 0.304. The highest BCUT2D eigenvalue weighted by atomic mass is 16.6. The summed E-state index contributed by atoms with van der Waals surface area (Å²) < 4.78 is 9.74. The second-order valence-corrected chi connectivity index (χ2v) is 1.61. The van der Waals surface area contributed by atoms with Gasteiger partial charge in [0.05, 0.1) is 6.61 Å². The molecular weight excluding hydrogens is 104 g/mol. The fraction of sp³-hybridized carbons (Fsp3) is 0.500. The third kappa shape index (κ3) is 1.82. The maximum Gasteiger partial charge on any atom is 0.125 e. The zero-order valence-corrected chi connectivity index (χ0v) is 4.59. The minimum absolute atomic E-state index is 0.333. The Kier molecular flexibility index (Phi) is 1.73. The predicted octanol–water partition coefficient (Wildman–Crippen LogP) is 0.700. The summed E-state index contributed by atoms with van der Waals surface area (Å²) in [6, 6.07) is 0. The van der Waals surface area contributed by atoms with Crippen molar-refractivity contribution in [2.45, 2.75) is 6.10 Å². The lowest BCUT2D eigenvalue weighted by Crippen LogP contribution is -1.94. The number of hydrogen-bond donors (Lipinski definition) is 0. The van der Waals surface area contributed by atoms with Gasteiger partial charge in [0.15, 0.2) is 0 Å². The van der Waals surface area contributed by atoms with Crippen LogP contribution in [0, 0.1) is 0 Å². The summed E-state index contributed by atoms with van der Waals surface area (Å²) in [5, 5.41) is 0. The fourth-order valence-electron chi connectivity index (χ4n) is 0.379. The molecule has 2 heteroatoms. The predicted molar refractivity (Wildman–Crippen MR) is 29.4 cm³/mol. The molecule has 0 bridgehead atoms. The Balaban J connectivity index is 1.95. The molecule has 1 fully saturated rings. The highest BCUT2D eigenvalue weighted by Gasteiger charge is 2.22. The molecule has 0 saturated carbocycles. The van der Waals surface area contributed by atoms with E-state index < -0.39 is 0 Å². The van der Waals surface area contributed by atoms with Crippen LogP contribution in [0.1, 0.15) is 0 Å². The van der Waals surface area contributed by atoms with Crippen LogP contribution in [0.15, 0.2) is 18.6 Å². The normalized spacial score (nSPS) is 23.8. The lowest BCUT2D eigenvalue weighted by atomic mass is 10.5. The van der Waals surface area contributed by atoms with Crippen molar-refractivity contribution in [3.8, 4) is 0 Å². The van der Waals surface area contributed by atoms with Gasteiger partial charge in [-0.3, -0.25) is 0 Å². The van der Waals surface area contributed by atoms with Crippen molar-refractivity contribution in [3.63, 3.8) is 0 Å². The van der Waals surface area contributed by atoms with Crippen LogP contribution >= 0.6 is 0 Å². The second-order valence-electron chi connectivity index (χ2n) is 1.61. The summed E-state index contributed by atoms with van der Waals surface area (Å²) >= 11 is 0. The smallest absolute Gasteiger partial charge is 0.125 e. The lowest BCUT2D eigenvalue weighted by Gasteiger charge is -1.90. The molecule has 44 valence electrons. The highest BCUT2D eigenvalue weighted by Crippen LogP contribution is 2.07. The summed E-state index contributed by atoms with van der Waals surface area (Å²) in [6.45, 7) is 4.81. The van der Waals surface area contributed by atoms with E-state index in [1.54, 1.807) is 0 Å². The van der Waals surface area contributed by atoms with Crippen LogP contribution in [0.3, 0.4) is 0 Å². The van der Waals surface area contributed by atoms with Gasteiger partial charge >= 0.3 is 0 Å². The van der Waals surface area contributed by atoms with Crippen molar-refractivity contribution in [3.05, 3.63) is 18.6 Å². The monoisotopic (exact) mass is 112 g/mol. The van der Waals surface area contributed by atoms with E-state index in [-0.39, 0.29) is 0 Å². The van der Waals surface area contributed by atoms with Crippen molar-refractivity contribution in [2.75, 3.05) is 13.2 Å². The van der Waals surface area contributed by atoms with E-state index in [0.29, 0.717) is 12.7 Å². The zero-order valence-electron chi connectivity index (χ0n) is 4.59. The van der Waals surface area contributed by atoms with Crippen molar-refractivity contribution < 1.29 is 9.47 Å². The van der Waals surface area contributed by atoms with Gasteiger partial charge in [0.2, 0.25) is 0 Å². The molecule has 0 aliphatic carbocycles. The number of hydrogen-bond acceptors (Lipinski definition) is 2. The van der Waals surface area contributed by atoms with E-state index in [2.05, 4.69) is 12.3 Å². The molecule has 0 aromatic carbocycles. The van der Waals surface area contributed by atoms with Gasteiger partial charge in [-0.1, -0.05) is 12.3 Å². The molecule has 1 unspecified atom stereocenters. The first-order valence-electron chi connectivity index (χ1n) is 2.51. The Morgan fingerprint density at radius 3 is 3.25 bits per heavy atom. The molecule has 1 aliphatic heterocycles. The van der Waals surface area contributed by atoms with Gasteiger partial charge in [-0.2, -0.15) is 0 Å². The Hall–Kier alpha value is -0.720. The maximum atomic E-state index is 4.88. The van der Waals surface area contributed by atoms with Gasteiger partial charge < -0.3 is 9.47 Å². The fourth-order valence-corrected chi connectivity index (χ4v) is 0.379. The van der Waals surface area contributed by atoms with Crippen molar-refractivity contribution >= 4 is 0 Å². The van der Waals surface area contributed by atoms with Crippen LogP contribution in [-0.4, -0.2) is 19.3 Å². The molecule has 1 rings (SSSR count). The summed E-state index contributed by atoms with van der Waals surface area (Å²) in [5.74, 6) is 0. The van der Waals surface area contributed by atoms with E-state index in [4.69, 9.17) is 9.47 Å². The molecule has 0 radical (unpaired) electrons. The average Bonchev–Trinajstić information content (AvgIpc) is 2.51. The molecule has 0 N–H and O–H groups in total. The van der Waals surface area contributed by atoms with Crippen molar-refractivity contribution in [2.24, 2.45) is 0 Å². The van der Waals surface area contributed by atoms with Crippen LogP contribution in [0.2, 0.25) is 0 Å². The lowest BCUT2D eigenvalue weighted by molar-refractivity contribution is 0.213. The topological polar surface area (TPSA) is 21.8 Å². The molecule has 0 aromatic heterocycles. The first-order valence-corrected chi connectivity index (χ1v) is 2.51. The first-order chi connectivity index (χ1) is 3.93. The molecular formula is C6H8O2. The average molecular weight is 112 g/mol. The summed E-state index contributed by atoms with van der Waals surface area (Å²) in [4.78, 5) is 0. The Morgan fingerprint density at radius 2 is 2.75 bits per heavy atom. The summed E-state index contributed by atoms with van der Waals surface area (Å²) in [5.41, 5.74) is 2.50. The van der Waals surface area contributed by atoms with E-state index in [9.17, 15) is 0 Å². The molecule has 0 aromatic rings. The van der Waals surface area contributed by atoms with Gasteiger partial charge in [-0.25, -0.2) is 0 Å². The number of epoxide rings is 1. The van der Waals surface area contributed by atoms with Crippen LogP contribution in [-0.2, 0) is 9.47 Å². The van der Waals surface area contributed by atoms with Crippen LogP contribution < -0.4 is 0 Å². The largest absolute Gasteiger partial charge is 0.490 e. The van der Waals surface area contributed by atoms with Gasteiger partial charge in [0.1, 0.15) is 19.0 Å². The van der Waals surface area contributed by atoms with Crippen LogP contribution in [0.25, 0.3) is 0 Å². The van der Waals surface area contributed by atoms with Gasteiger partial charge in [-0.05, 0) is 0 Å². The number of rotatable bonds is 3. The van der Waals surface area contributed by atoms with Gasteiger partial charge in [-0.15, -0.1) is 0 Å². The van der Waals surface area contributed by atoms with Gasteiger partial charge in [0, 0.05) is 0 Å². The molecule has 2 nitrogen and oxygen atoms in total. The first kappa shape index (κ1) is 5.42. The minimum Gasteiger partial charge on any atom is -0.490 e. The molecule has 1 aliphatic rings. The third-order valence-corrected chi connectivity index (χ3v) is 0.851. The molecule has 1 heterocycles. The van der Waals surface area contributed by atoms with Crippen LogP contribution in [0.4, 0.5) is 0 Å². The Labute approximate surface area is 48.4 Å². The van der Waals surface area contributed by atoms with E-state index in [1.807, 2.05) is 0 Å². The van der Waals surface area contributed by atoms with Crippen molar-refractivity contribution in [1.82, 2.24) is 0 Å². The molecule has 0 amide bonds. The standard InChI is InChI=1S/C6H8O2/c1-2-3-7-4-6-5-8-6/h3,6H,1,4-5H2. The van der Waals surface area contributed by atoms with E-state index in [0.717, 1.165) is 6.61 Å². The summed E-state index contributed by atoms with van der Waals surface area (Å²) in [6.07, 6.45) is 1.78. The SMILES string of the molecule is C=C=COCC1CO1. The van der Waals surface area contributed by atoms with E-state index >= 15 is 0 Å². The third-order valence-electron chi connectivity index (χ3n) is 0.851. The zero-order chi connectivity index (χ0) is 5.82. The van der Waals surface area contributed by atoms with Gasteiger partial charge in [0.25, 0.3) is 0 Å². The second kappa shape index (κ2) is 2.55. The molecule has 8 heavy (non-hydrogen) atoms. The van der Waals surface area contributed by atoms with Crippen LogP contribution in [0.5, 0.6) is 0 Å². The molecule has 1 atom stereocenters. The number of ether oxygens (including phenoxy) is 2. The van der Waals surface area contributed by atoms with Crippen molar-refractivity contribution in [1.29, 1.82) is 0 Å². The molecule has 1 saturated heterocycles. The molecule has 0 spiro atoms. The Bertz CT molecular complexity index is 110. The highest BCUT2D eigenvalue weighted by molar-refractivity contribution is 4.71. The van der Waals surface area contributed by atoms with E-state index in [1.165, 1.54) is 6.26 Å².